The van der Waals surface area contributed by atoms with Crippen LogP contribution < -0.4 is 0 Å². The quantitative estimate of drug-likeness (QED) is 0.604. The van der Waals surface area contributed by atoms with Gasteiger partial charge in [0.05, 0.1) is 11.7 Å². The first-order chi connectivity index (χ1) is 5.04. The third-order valence-corrected chi connectivity index (χ3v) is 2.81. The summed E-state index contributed by atoms with van der Waals surface area (Å²) in [5.74, 6) is 0.262. The topological polar surface area (TPSA) is 40.5 Å². The molecule has 2 atom stereocenters. The number of aliphatic hydroxyl groups excluding tert-OH is 1. The highest BCUT2D eigenvalue weighted by atomic mass is 16.3. The lowest BCUT2D eigenvalue weighted by molar-refractivity contribution is -0.0758. The molecule has 0 aromatic carbocycles. The van der Waals surface area contributed by atoms with Crippen molar-refractivity contribution < 1.29 is 10.2 Å². The molecule has 1 fully saturated rings. The first-order valence-corrected chi connectivity index (χ1v) is 4.45. The molecule has 1 aliphatic carbocycles. The molecule has 0 amide bonds. The first kappa shape index (κ1) is 9.01. The van der Waals surface area contributed by atoms with Crippen LogP contribution in [-0.4, -0.2) is 21.9 Å². The van der Waals surface area contributed by atoms with Crippen LogP contribution in [0.4, 0.5) is 0 Å². The van der Waals surface area contributed by atoms with Gasteiger partial charge >= 0.3 is 0 Å². The Morgan fingerprint density at radius 3 is 2.45 bits per heavy atom. The van der Waals surface area contributed by atoms with Crippen LogP contribution in [0.3, 0.4) is 0 Å². The van der Waals surface area contributed by atoms with Crippen molar-refractivity contribution in [3.63, 3.8) is 0 Å². The molecule has 0 spiro atoms. The van der Waals surface area contributed by atoms with E-state index in [1.165, 1.54) is 0 Å². The van der Waals surface area contributed by atoms with E-state index in [0.29, 0.717) is 6.42 Å². The van der Waals surface area contributed by atoms with Crippen LogP contribution in [-0.2, 0) is 0 Å². The number of hydrogen-bond acceptors (Lipinski definition) is 2. The van der Waals surface area contributed by atoms with Crippen LogP contribution in [0.15, 0.2) is 0 Å². The van der Waals surface area contributed by atoms with Crippen molar-refractivity contribution in [3.8, 4) is 0 Å². The maximum absolute atomic E-state index is 9.96. The van der Waals surface area contributed by atoms with Gasteiger partial charge in [-0.3, -0.25) is 0 Å². The molecular formula is C9H18O2. The molecule has 0 aromatic heterocycles. The van der Waals surface area contributed by atoms with Crippen molar-refractivity contribution in [3.05, 3.63) is 0 Å². The lowest BCUT2D eigenvalue weighted by Gasteiger charge is -2.38. The van der Waals surface area contributed by atoms with Crippen LogP contribution in [0.5, 0.6) is 0 Å². The molecule has 1 rings (SSSR count). The van der Waals surface area contributed by atoms with Crippen LogP contribution in [0.1, 0.15) is 39.5 Å². The number of hydrogen-bond donors (Lipinski definition) is 2. The Balaban J connectivity index is 2.55. The van der Waals surface area contributed by atoms with Crippen LogP contribution >= 0.6 is 0 Å². The van der Waals surface area contributed by atoms with Gasteiger partial charge in [-0.05, 0) is 25.2 Å². The van der Waals surface area contributed by atoms with Crippen molar-refractivity contribution in [2.24, 2.45) is 5.92 Å². The molecule has 2 unspecified atom stereocenters. The van der Waals surface area contributed by atoms with Gasteiger partial charge in [0.2, 0.25) is 0 Å². The molecule has 0 bridgehead atoms. The lowest BCUT2D eigenvalue weighted by Crippen LogP contribution is -2.41. The number of aliphatic hydroxyl groups is 2. The van der Waals surface area contributed by atoms with E-state index in [9.17, 15) is 10.2 Å². The van der Waals surface area contributed by atoms with Crippen molar-refractivity contribution in [2.75, 3.05) is 0 Å². The molecule has 0 heterocycles. The molecule has 2 nitrogen and oxygen atoms in total. The van der Waals surface area contributed by atoms with E-state index in [2.05, 4.69) is 0 Å². The maximum Gasteiger partial charge on any atom is 0.0695 e. The van der Waals surface area contributed by atoms with Gasteiger partial charge in [0.15, 0.2) is 0 Å². The van der Waals surface area contributed by atoms with E-state index in [1.807, 2.05) is 13.8 Å². The Kier molecular flexibility index (Phi) is 2.55. The van der Waals surface area contributed by atoms with E-state index in [1.54, 1.807) is 0 Å². The fourth-order valence-electron chi connectivity index (χ4n) is 1.78. The van der Waals surface area contributed by atoms with Crippen molar-refractivity contribution >= 4 is 0 Å². The zero-order valence-electron chi connectivity index (χ0n) is 7.38. The van der Waals surface area contributed by atoms with E-state index in [-0.39, 0.29) is 12.0 Å². The monoisotopic (exact) mass is 158 g/mol. The van der Waals surface area contributed by atoms with E-state index < -0.39 is 5.60 Å². The van der Waals surface area contributed by atoms with Crippen LogP contribution in [0.25, 0.3) is 0 Å². The summed E-state index contributed by atoms with van der Waals surface area (Å²) in [6, 6.07) is 0. The molecule has 2 N–H and O–H groups in total. The van der Waals surface area contributed by atoms with Crippen molar-refractivity contribution in [2.45, 2.75) is 51.2 Å². The van der Waals surface area contributed by atoms with Gasteiger partial charge in [-0.15, -0.1) is 0 Å². The summed E-state index contributed by atoms with van der Waals surface area (Å²) in [5.41, 5.74) is -0.600. The maximum atomic E-state index is 9.96. The minimum Gasteiger partial charge on any atom is -0.393 e. The highest BCUT2D eigenvalue weighted by molar-refractivity contribution is 4.88. The summed E-state index contributed by atoms with van der Waals surface area (Å²) < 4.78 is 0. The lowest BCUT2D eigenvalue weighted by atomic mass is 9.76. The normalized spacial score (nSPS) is 39.5. The largest absolute Gasteiger partial charge is 0.393 e. The SMILES string of the molecule is CC(C)C1(O)CCCC(O)C1. The summed E-state index contributed by atoms with van der Waals surface area (Å²) in [6.45, 7) is 4.02. The predicted octanol–water partition coefficient (Wildman–Crippen LogP) is 1.31. The Bertz CT molecular complexity index is 134. The van der Waals surface area contributed by atoms with Crippen LogP contribution in [0, 0.1) is 5.92 Å². The molecule has 0 aliphatic heterocycles. The summed E-state index contributed by atoms with van der Waals surface area (Å²) >= 11 is 0. The average molecular weight is 158 g/mol. The van der Waals surface area contributed by atoms with E-state index in [4.69, 9.17) is 0 Å². The van der Waals surface area contributed by atoms with Gasteiger partial charge in [-0.2, -0.15) is 0 Å². The predicted molar refractivity (Wildman–Crippen MR) is 44.3 cm³/mol. The molecule has 1 saturated carbocycles. The molecule has 0 aromatic rings. The fraction of sp³-hybridized carbons (Fsp3) is 1.00. The molecule has 11 heavy (non-hydrogen) atoms. The summed E-state index contributed by atoms with van der Waals surface area (Å²) in [5, 5.41) is 19.3. The molecule has 0 radical (unpaired) electrons. The fourth-order valence-corrected chi connectivity index (χ4v) is 1.78. The molecule has 2 heteroatoms. The zero-order chi connectivity index (χ0) is 8.48. The Morgan fingerprint density at radius 1 is 1.45 bits per heavy atom. The Hall–Kier alpha value is -0.0800. The van der Waals surface area contributed by atoms with Gasteiger partial charge in [0.1, 0.15) is 0 Å². The second-order valence-electron chi connectivity index (χ2n) is 4.01. The third kappa shape index (κ3) is 1.94. The smallest absolute Gasteiger partial charge is 0.0695 e. The molecule has 1 aliphatic rings. The van der Waals surface area contributed by atoms with Gasteiger partial charge in [0, 0.05) is 6.42 Å². The second-order valence-corrected chi connectivity index (χ2v) is 4.01. The highest BCUT2D eigenvalue weighted by Crippen LogP contribution is 2.33. The first-order valence-electron chi connectivity index (χ1n) is 4.45. The average Bonchev–Trinajstić information content (AvgIpc) is 1.86. The number of rotatable bonds is 1. The molecular weight excluding hydrogens is 140 g/mol. The zero-order valence-corrected chi connectivity index (χ0v) is 7.38. The summed E-state index contributed by atoms with van der Waals surface area (Å²) in [7, 11) is 0. The second kappa shape index (κ2) is 3.11. The summed E-state index contributed by atoms with van der Waals surface area (Å²) in [6.07, 6.45) is 2.94. The minimum atomic E-state index is -0.600. The van der Waals surface area contributed by atoms with Crippen LogP contribution in [0.2, 0.25) is 0 Å². The standard InChI is InChI=1S/C9H18O2/c1-7(2)9(11)5-3-4-8(10)6-9/h7-8,10-11H,3-6H2,1-2H3. The van der Waals surface area contributed by atoms with E-state index in [0.717, 1.165) is 19.3 Å². The third-order valence-electron chi connectivity index (χ3n) is 2.81. The minimum absolute atomic E-state index is 0.262. The van der Waals surface area contributed by atoms with Gasteiger partial charge in [-0.25, -0.2) is 0 Å². The van der Waals surface area contributed by atoms with Gasteiger partial charge in [-0.1, -0.05) is 13.8 Å². The Morgan fingerprint density at radius 2 is 2.09 bits per heavy atom. The molecule has 66 valence electrons. The van der Waals surface area contributed by atoms with Gasteiger partial charge < -0.3 is 10.2 Å². The van der Waals surface area contributed by atoms with Crippen molar-refractivity contribution in [1.82, 2.24) is 0 Å². The highest BCUT2D eigenvalue weighted by Gasteiger charge is 2.35. The summed E-state index contributed by atoms with van der Waals surface area (Å²) in [4.78, 5) is 0. The Labute approximate surface area is 68.2 Å². The van der Waals surface area contributed by atoms with Gasteiger partial charge in [0.25, 0.3) is 0 Å². The van der Waals surface area contributed by atoms with Crippen molar-refractivity contribution in [1.29, 1.82) is 0 Å². The van der Waals surface area contributed by atoms with E-state index >= 15 is 0 Å². The molecule has 0 saturated heterocycles.